The summed E-state index contributed by atoms with van der Waals surface area (Å²) in [5, 5.41) is 12.1. The molecule has 0 radical (unpaired) electrons. The summed E-state index contributed by atoms with van der Waals surface area (Å²) in [5.41, 5.74) is 3.17. The number of carbonyl (C=O) groups is 2. The van der Waals surface area contributed by atoms with Gasteiger partial charge in [-0.3, -0.25) is 10.1 Å². The largest absolute Gasteiger partial charge is 0.362 e. The first kappa shape index (κ1) is 18.5. The van der Waals surface area contributed by atoms with E-state index in [1.165, 1.54) is 0 Å². The molecule has 0 spiro atoms. The molecule has 0 atom stereocenters. The summed E-state index contributed by atoms with van der Waals surface area (Å²) >= 11 is 0. The maximum Gasteiger partial charge on any atom is 0.324 e. The molecular formula is C21H21N5O3. The fraction of sp³-hybridized carbons (Fsp3) is 0.190. The number of benzene rings is 1. The van der Waals surface area contributed by atoms with Crippen molar-refractivity contribution in [2.24, 2.45) is 0 Å². The normalized spacial score (nSPS) is 14.6. The average molecular weight is 391 g/mol. The van der Waals surface area contributed by atoms with Crippen LogP contribution in [0.1, 0.15) is 37.8 Å². The second kappa shape index (κ2) is 6.97. The SMILES string of the molecule is CC(C)(C)c1cc(NC(=O)Nc2ccc3c(c2)NC(=O)C3=Cc2ccc[nH]2)no1. The lowest BCUT2D eigenvalue weighted by atomic mass is 9.93. The predicted octanol–water partition coefficient (Wildman–Crippen LogP) is 4.44. The minimum Gasteiger partial charge on any atom is -0.362 e. The fourth-order valence-corrected chi connectivity index (χ4v) is 2.97. The molecule has 0 bridgehead atoms. The van der Waals surface area contributed by atoms with Crippen LogP contribution in [0.4, 0.5) is 22.0 Å². The molecule has 3 amide bonds. The molecule has 3 heterocycles. The number of hydrogen-bond acceptors (Lipinski definition) is 4. The number of aromatic amines is 1. The molecule has 1 aliphatic heterocycles. The number of hydrogen-bond donors (Lipinski definition) is 4. The van der Waals surface area contributed by atoms with E-state index < -0.39 is 6.03 Å². The lowest BCUT2D eigenvalue weighted by molar-refractivity contribution is -0.110. The van der Waals surface area contributed by atoms with Crippen LogP contribution in [-0.4, -0.2) is 22.1 Å². The van der Waals surface area contributed by atoms with Crippen LogP contribution in [0.3, 0.4) is 0 Å². The van der Waals surface area contributed by atoms with Crippen molar-refractivity contribution in [3.8, 4) is 0 Å². The highest BCUT2D eigenvalue weighted by Gasteiger charge is 2.25. The topological polar surface area (TPSA) is 112 Å². The van der Waals surface area contributed by atoms with Crippen molar-refractivity contribution in [1.29, 1.82) is 0 Å². The maximum absolute atomic E-state index is 12.3. The Morgan fingerprint density at radius 3 is 2.69 bits per heavy atom. The molecule has 0 aliphatic carbocycles. The van der Waals surface area contributed by atoms with Crippen LogP contribution in [0, 0.1) is 0 Å². The van der Waals surface area contributed by atoms with Crippen LogP contribution >= 0.6 is 0 Å². The quantitative estimate of drug-likeness (QED) is 0.495. The van der Waals surface area contributed by atoms with Gasteiger partial charge in [0.05, 0.1) is 11.3 Å². The molecule has 1 aliphatic rings. The summed E-state index contributed by atoms with van der Waals surface area (Å²) in [4.78, 5) is 27.6. The summed E-state index contributed by atoms with van der Waals surface area (Å²) in [5.74, 6) is 0.820. The smallest absolute Gasteiger partial charge is 0.324 e. The third-order valence-corrected chi connectivity index (χ3v) is 4.47. The number of rotatable bonds is 3. The average Bonchev–Trinajstić information content (AvgIpc) is 3.36. The lowest BCUT2D eigenvalue weighted by Crippen LogP contribution is -2.19. The van der Waals surface area contributed by atoms with Crippen LogP contribution in [0.2, 0.25) is 0 Å². The van der Waals surface area contributed by atoms with Crippen molar-refractivity contribution < 1.29 is 14.1 Å². The molecule has 4 N–H and O–H groups in total. The Labute approximate surface area is 167 Å². The van der Waals surface area contributed by atoms with Crippen LogP contribution < -0.4 is 16.0 Å². The van der Waals surface area contributed by atoms with Gasteiger partial charge in [-0.15, -0.1) is 0 Å². The van der Waals surface area contributed by atoms with Gasteiger partial charge in [-0.25, -0.2) is 4.79 Å². The van der Waals surface area contributed by atoms with Gasteiger partial charge in [-0.2, -0.15) is 0 Å². The number of nitrogens with zero attached hydrogens (tertiary/aromatic N) is 1. The second-order valence-corrected chi connectivity index (χ2v) is 7.80. The molecule has 1 aromatic carbocycles. The Hall–Kier alpha value is -3.81. The monoisotopic (exact) mass is 391 g/mol. The van der Waals surface area contributed by atoms with Crippen LogP contribution in [0.5, 0.6) is 0 Å². The van der Waals surface area contributed by atoms with Gasteiger partial charge >= 0.3 is 6.03 Å². The first-order valence-electron chi connectivity index (χ1n) is 9.16. The first-order valence-corrected chi connectivity index (χ1v) is 9.16. The Balaban J connectivity index is 1.47. The molecule has 2 aromatic heterocycles. The van der Waals surface area contributed by atoms with Gasteiger partial charge in [0.15, 0.2) is 5.82 Å². The van der Waals surface area contributed by atoms with Crippen molar-refractivity contribution in [2.75, 3.05) is 16.0 Å². The number of anilines is 3. The number of urea groups is 1. The van der Waals surface area contributed by atoms with Crippen LogP contribution in [0.25, 0.3) is 11.6 Å². The summed E-state index contributed by atoms with van der Waals surface area (Å²) in [7, 11) is 0. The Kier molecular flexibility index (Phi) is 4.46. The van der Waals surface area contributed by atoms with Gasteiger partial charge in [0.2, 0.25) is 0 Å². The van der Waals surface area contributed by atoms with E-state index in [-0.39, 0.29) is 11.3 Å². The summed E-state index contributed by atoms with van der Waals surface area (Å²) in [6.45, 7) is 5.98. The highest BCUT2D eigenvalue weighted by Crippen LogP contribution is 2.35. The van der Waals surface area contributed by atoms with Gasteiger partial charge in [-0.05, 0) is 30.3 Å². The number of H-pyrrole nitrogens is 1. The number of nitrogens with one attached hydrogen (secondary N) is 4. The molecule has 148 valence electrons. The van der Waals surface area contributed by atoms with E-state index >= 15 is 0 Å². The summed E-state index contributed by atoms with van der Waals surface area (Å²) < 4.78 is 5.26. The number of carbonyl (C=O) groups excluding carboxylic acids is 2. The number of aromatic nitrogens is 2. The van der Waals surface area contributed by atoms with Gasteiger partial charge in [0.1, 0.15) is 5.76 Å². The number of amides is 3. The van der Waals surface area contributed by atoms with Crippen molar-refractivity contribution in [1.82, 2.24) is 10.1 Å². The molecule has 8 heteroatoms. The van der Waals surface area contributed by atoms with E-state index in [0.717, 1.165) is 11.3 Å². The van der Waals surface area contributed by atoms with E-state index in [2.05, 4.69) is 26.1 Å². The van der Waals surface area contributed by atoms with Gasteiger partial charge in [0.25, 0.3) is 5.91 Å². The predicted molar refractivity (Wildman–Crippen MR) is 112 cm³/mol. The Morgan fingerprint density at radius 1 is 1.17 bits per heavy atom. The van der Waals surface area contributed by atoms with Crippen molar-refractivity contribution in [3.05, 3.63) is 59.6 Å². The van der Waals surface area contributed by atoms with Crippen LogP contribution in [-0.2, 0) is 10.2 Å². The van der Waals surface area contributed by atoms with Gasteiger partial charge in [-0.1, -0.05) is 32.0 Å². The van der Waals surface area contributed by atoms with E-state index in [1.807, 2.05) is 32.9 Å². The fourth-order valence-electron chi connectivity index (χ4n) is 2.97. The first-order chi connectivity index (χ1) is 13.8. The van der Waals surface area contributed by atoms with Gasteiger partial charge < -0.3 is 20.1 Å². The molecule has 0 fully saturated rings. The molecular weight excluding hydrogens is 370 g/mol. The molecule has 4 rings (SSSR count). The highest BCUT2D eigenvalue weighted by atomic mass is 16.5. The summed E-state index contributed by atoms with van der Waals surface area (Å²) in [6, 6.07) is 10.2. The molecule has 29 heavy (non-hydrogen) atoms. The zero-order valence-corrected chi connectivity index (χ0v) is 16.3. The Bertz CT molecular complexity index is 1100. The third kappa shape index (κ3) is 3.91. The van der Waals surface area contributed by atoms with Crippen LogP contribution in [0.15, 0.2) is 47.1 Å². The minimum absolute atomic E-state index is 0.187. The second-order valence-electron chi connectivity index (χ2n) is 7.80. The third-order valence-electron chi connectivity index (χ3n) is 4.47. The maximum atomic E-state index is 12.3. The van der Waals surface area contributed by atoms with Crippen molar-refractivity contribution in [2.45, 2.75) is 26.2 Å². The van der Waals surface area contributed by atoms with E-state index in [4.69, 9.17) is 4.52 Å². The minimum atomic E-state index is -0.454. The molecule has 0 unspecified atom stereocenters. The molecule has 8 nitrogen and oxygen atoms in total. The standard InChI is InChI=1S/C21H21N5O3/c1-21(2,3)17-11-18(26-29-17)25-20(28)23-13-6-7-14-15(9-12-5-4-8-22-12)19(27)24-16(14)10-13/h4-11,22H,1-3H3,(H,24,27)(H2,23,25,26,28). The Morgan fingerprint density at radius 2 is 2.00 bits per heavy atom. The molecule has 0 saturated heterocycles. The molecule has 0 saturated carbocycles. The zero-order valence-electron chi connectivity index (χ0n) is 16.3. The molecule has 3 aromatic rings. The van der Waals surface area contributed by atoms with E-state index in [9.17, 15) is 9.59 Å². The summed E-state index contributed by atoms with van der Waals surface area (Å²) in [6.07, 6.45) is 3.59. The zero-order chi connectivity index (χ0) is 20.6. The van der Waals surface area contributed by atoms with Gasteiger partial charge in [0, 0.05) is 34.6 Å². The van der Waals surface area contributed by atoms with E-state index in [1.54, 1.807) is 36.5 Å². The highest BCUT2D eigenvalue weighted by molar-refractivity contribution is 6.35. The number of fused-ring (bicyclic) bond motifs is 1. The van der Waals surface area contributed by atoms with Crippen molar-refractivity contribution >= 4 is 40.8 Å². The van der Waals surface area contributed by atoms with E-state index in [0.29, 0.717) is 28.5 Å². The lowest BCUT2D eigenvalue weighted by Gasteiger charge is -2.12. The van der Waals surface area contributed by atoms with Crippen molar-refractivity contribution in [3.63, 3.8) is 0 Å².